The van der Waals surface area contributed by atoms with Gasteiger partial charge in [-0.05, 0) is 5.56 Å². The number of carbonyl (C=O) groups excluding carboxylic acids is 1. The van der Waals surface area contributed by atoms with Crippen LogP contribution in [0.2, 0.25) is 0 Å². The first-order valence-electron chi connectivity index (χ1n) is 5.10. The summed E-state index contributed by atoms with van der Waals surface area (Å²) in [7, 11) is 0. The summed E-state index contributed by atoms with van der Waals surface area (Å²) in [6, 6.07) is 8.55. The zero-order valence-electron chi connectivity index (χ0n) is 8.79. The quantitative estimate of drug-likeness (QED) is 0.819. The van der Waals surface area contributed by atoms with Crippen molar-refractivity contribution in [3.05, 3.63) is 47.7 Å². The zero-order chi connectivity index (χ0) is 12.5. The van der Waals surface area contributed by atoms with Crippen LogP contribution in [0.4, 0.5) is 13.2 Å². The van der Waals surface area contributed by atoms with Gasteiger partial charge in [0.05, 0.1) is 6.04 Å². The fourth-order valence-electron chi connectivity index (χ4n) is 1.76. The molecule has 0 fully saturated rings. The first-order valence-corrected chi connectivity index (χ1v) is 5.10. The Morgan fingerprint density at radius 3 is 2.35 bits per heavy atom. The van der Waals surface area contributed by atoms with Gasteiger partial charge in [0.2, 0.25) is 0 Å². The topological polar surface area (TPSA) is 29.1 Å². The highest BCUT2D eigenvalue weighted by molar-refractivity contribution is 5.97. The predicted molar refractivity (Wildman–Crippen MR) is 56.1 cm³/mol. The molecule has 0 bridgehead atoms. The van der Waals surface area contributed by atoms with Gasteiger partial charge in [0, 0.05) is 12.6 Å². The van der Waals surface area contributed by atoms with Crippen molar-refractivity contribution in [2.24, 2.45) is 0 Å². The third kappa shape index (κ3) is 2.49. The molecule has 1 aliphatic heterocycles. The molecule has 0 spiro atoms. The largest absolute Gasteiger partial charge is 0.421 e. The summed E-state index contributed by atoms with van der Waals surface area (Å²) in [6.45, 7) is 0. The van der Waals surface area contributed by atoms with Gasteiger partial charge < -0.3 is 5.32 Å². The summed E-state index contributed by atoms with van der Waals surface area (Å²) >= 11 is 0. The van der Waals surface area contributed by atoms with Gasteiger partial charge in [0.1, 0.15) is 5.57 Å². The average Bonchev–Trinajstić information content (AvgIpc) is 2.28. The van der Waals surface area contributed by atoms with Crippen molar-refractivity contribution in [1.82, 2.24) is 5.32 Å². The summed E-state index contributed by atoms with van der Waals surface area (Å²) in [5, 5.41) is 2.62. The Labute approximate surface area is 96.1 Å². The number of ketones is 1. The minimum atomic E-state index is -4.58. The number of nitrogens with one attached hydrogen (secondary N) is 1. The fraction of sp³-hybridized carbons (Fsp3) is 0.250. The van der Waals surface area contributed by atoms with E-state index in [4.69, 9.17) is 0 Å². The third-order valence-electron chi connectivity index (χ3n) is 2.63. The molecular weight excluding hydrogens is 231 g/mol. The fourth-order valence-corrected chi connectivity index (χ4v) is 1.76. The first kappa shape index (κ1) is 11.7. The Morgan fingerprint density at radius 2 is 1.82 bits per heavy atom. The highest BCUT2D eigenvalue weighted by atomic mass is 19.4. The van der Waals surface area contributed by atoms with Crippen LogP contribution in [0.5, 0.6) is 0 Å². The van der Waals surface area contributed by atoms with Crippen molar-refractivity contribution in [3.63, 3.8) is 0 Å². The lowest BCUT2D eigenvalue weighted by Crippen LogP contribution is -2.32. The van der Waals surface area contributed by atoms with Crippen LogP contribution >= 0.6 is 0 Å². The second kappa shape index (κ2) is 4.24. The Bertz CT molecular complexity index is 451. The number of rotatable bonds is 1. The Kier molecular flexibility index (Phi) is 2.92. The van der Waals surface area contributed by atoms with Crippen LogP contribution in [0.15, 0.2) is 42.1 Å². The van der Waals surface area contributed by atoms with E-state index in [2.05, 4.69) is 5.32 Å². The minimum absolute atomic E-state index is 0.171. The lowest BCUT2D eigenvalue weighted by atomic mass is 9.95. The predicted octanol–water partition coefficient (Wildman–Crippen LogP) is 2.74. The van der Waals surface area contributed by atoms with Gasteiger partial charge in [-0.1, -0.05) is 30.3 Å². The van der Waals surface area contributed by atoms with E-state index in [0.717, 1.165) is 11.8 Å². The molecular formula is C12H10F3NO. The summed E-state index contributed by atoms with van der Waals surface area (Å²) in [5.74, 6) is -0.870. The maximum absolute atomic E-state index is 12.4. The van der Waals surface area contributed by atoms with E-state index in [1.807, 2.05) is 6.07 Å². The minimum Gasteiger partial charge on any atom is -0.383 e. The number of hydrogen-bond donors (Lipinski definition) is 1. The van der Waals surface area contributed by atoms with Gasteiger partial charge in [-0.3, -0.25) is 4.79 Å². The number of carbonyl (C=O) groups is 1. The van der Waals surface area contributed by atoms with Crippen LogP contribution in [-0.4, -0.2) is 12.0 Å². The lowest BCUT2D eigenvalue weighted by molar-refractivity contribution is -0.130. The highest BCUT2D eigenvalue weighted by Gasteiger charge is 2.41. The van der Waals surface area contributed by atoms with Gasteiger partial charge >= 0.3 is 6.18 Å². The van der Waals surface area contributed by atoms with Crippen LogP contribution in [-0.2, 0) is 4.79 Å². The maximum Gasteiger partial charge on any atom is 0.421 e. The number of Topliss-reactive ketones (excluding diaryl/α,β-unsaturated/α-hetero) is 1. The van der Waals surface area contributed by atoms with Crippen molar-refractivity contribution in [3.8, 4) is 0 Å². The molecule has 1 aromatic rings. The second-order valence-corrected chi connectivity index (χ2v) is 3.81. The molecule has 0 radical (unpaired) electrons. The molecule has 5 heteroatoms. The highest BCUT2D eigenvalue weighted by Crippen LogP contribution is 2.32. The average molecular weight is 241 g/mol. The van der Waals surface area contributed by atoms with Gasteiger partial charge in [0.15, 0.2) is 5.78 Å². The molecule has 1 N–H and O–H groups in total. The van der Waals surface area contributed by atoms with Crippen molar-refractivity contribution in [1.29, 1.82) is 0 Å². The van der Waals surface area contributed by atoms with Gasteiger partial charge in [0.25, 0.3) is 0 Å². The number of allylic oxidation sites excluding steroid dienone is 1. The van der Waals surface area contributed by atoms with Crippen molar-refractivity contribution < 1.29 is 18.0 Å². The van der Waals surface area contributed by atoms with Gasteiger partial charge in [-0.2, -0.15) is 13.2 Å². The Morgan fingerprint density at radius 1 is 1.18 bits per heavy atom. The number of halogens is 3. The van der Waals surface area contributed by atoms with E-state index in [1.165, 1.54) is 0 Å². The Balaban J connectivity index is 2.20. The number of alkyl halides is 3. The molecule has 1 aromatic carbocycles. The van der Waals surface area contributed by atoms with Gasteiger partial charge in [-0.25, -0.2) is 0 Å². The van der Waals surface area contributed by atoms with Gasteiger partial charge in [-0.15, -0.1) is 0 Å². The van der Waals surface area contributed by atoms with Crippen LogP contribution in [0.3, 0.4) is 0 Å². The molecule has 0 aliphatic carbocycles. The standard InChI is InChI=1S/C12H10F3NO/c13-12(14,15)9-7-16-10(6-11(9)17)8-4-2-1-3-5-8/h1-5,7,10,16H,6H2. The van der Waals surface area contributed by atoms with Crippen molar-refractivity contribution in [2.75, 3.05) is 0 Å². The molecule has 1 unspecified atom stereocenters. The Hall–Kier alpha value is -1.78. The summed E-state index contributed by atoms with van der Waals surface area (Å²) in [4.78, 5) is 11.4. The summed E-state index contributed by atoms with van der Waals surface area (Å²) < 4.78 is 37.2. The van der Waals surface area contributed by atoms with E-state index < -0.39 is 17.5 Å². The molecule has 0 amide bonds. The van der Waals surface area contributed by atoms with E-state index in [1.54, 1.807) is 24.3 Å². The number of benzene rings is 1. The molecule has 90 valence electrons. The van der Waals surface area contributed by atoms with Crippen LogP contribution < -0.4 is 5.32 Å². The SMILES string of the molecule is O=C1CC(c2ccccc2)NC=C1C(F)(F)F. The smallest absolute Gasteiger partial charge is 0.383 e. The zero-order valence-corrected chi connectivity index (χ0v) is 8.79. The third-order valence-corrected chi connectivity index (χ3v) is 2.63. The monoisotopic (exact) mass is 241 g/mol. The molecule has 0 aromatic heterocycles. The molecule has 1 heterocycles. The number of hydrogen-bond acceptors (Lipinski definition) is 2. The molecule has 1 atom stereocenters. The maximum atomic E-state index is 12.4. The van der Waals surface area contributed by atoms with Crippen LogP contribution in [0.25, 0.3) is 0 Å². The molecule has 0 saturated carbocycles. The molecule has 0 saturated heterocycles. The van der Waals surface area contributed by atoms with E-state index in [9.17, 15) is 18.0 Å². The summed E-state index contributed by atoms with van der Waals surface area (Å²) in [6.07, 6.45) is -3.98. The van der Waals surface area contributed by atoms with E-state index in [-0.39, 0.29) is 12.5 Å². The van der Waals surface area contributed by atoms with Crippen LogP contribution in [0.1, 0.15) is 18.0 Å². The lowest BCUT2D eigenvalue weighted by Gasteiger charge is -2.24. The molecule has 17 heavy (non-hydrogen) atoms. The molecule has 2 nitrogen and oxygen atoms in total. The summed E-state index contributed by atoms with van der Waals surface area (Å²) in [5.41, 5.74) is -0.303. The second-order valence-electron chi connectivity index (χ2n) is 3.81. The molecule has 1 aliphatic rings. The van der Waals surface area contributed by atoms with Crippen molar-refractivity contribution >= 4 is 5.78 Å². The first-order chi connectivity index (χ1) is 7.98. The van der Waals surface area contributed by atoms with E-state index >= 15 is 0 Å². The van der Waals surface area contributed by atoms with Crippen LogP contribution in [0, 0.1) is 0 Å². The normalized spacial score (nSPS) is 20.8. The van der Waals surface area contributed by atoms with E-state index in [0.29, 0.717) is 0 Å². The van der Waals surface area contributed by atoms with Crippen molar-refractivity contribution in [2.45, 2.75) is 18.6 Å². The molecule has 2 rings (SSSR count).